The second-order valence-corrected chi connectivity index (χ2v) is 11.3. The molecule has 0 heterocycles. The average molecular weight is 524 g/mol. The van der Waals surface area contributed by atoms with E-state index in [-0.39, 0.29) is 30.7 Å². The molecule has 132 valence electrons. The Morgan fingerprint density at radius 3 is 2.38 bits per heavy atom. The average Bonchev–Trinajstić information content (AvgIpc) is 3.03. The molecular weight excluding hydrogens is 502 g/mol. The predicted octanol–water partition coefficient (Wildman–Crippen LogP) is 5.00. The molecule has 1 amide bonds. The molecule has 1 aromatic rings. The summed E-state index contributed by atoms with van der Waals surface area (Å²) < 4.78 is 5.37. The van der Waals surface area contributed by atoms with Gasteiger partial charge >= 0.3 is 0 Å². The third kappa shape index (κ3) is 2.21. The van der Waals surface area contributed by atoms with Gasteiger partial charge < -0.3 is 10.1 Å². The van der Waals surface area contributed by atoms with Crippen molar-refractivity contribution in [3.8, 4) is 5.75 Å². The van der Waals surface area contributed by atoms with E-state index in [9.17, 15) is 4.79 Å². The van der Waals surface area contributed by atoms with Crippen LogP contribution in [-0.2, 0) is 11.3 Å². The number of methoxy groups -OCH3 is 1. The molecule has 24 heavy (non-hydrogen) atoms. The Hall–Kier alpha value is -0.0700. The lowest BCUT2D eigenvalue weighted by Crippen LogP contribution is -2.72. The van der Waals surface area contributed by atoms with Crippen molar-refractivity contribution in [2.24, 2.45) is 16.2 Å². The fourth-order valence-corrected chi connectivity index (χ4v) is 9.70. The topological polar surface area (TPSA) is 38.3 Å². The molecule has 3 aliphatic rings. The fourth-order valence-electron chi connectivity index (χ4n) is 4.78. The number of amides is 1. The van der Waals surface area contributed by atoms with Crippen molar-refractivity contribution in [1.82, 2.24) is 5.32 Å². The summed E-state index contributed by atoms with van der Waals surface area (Å²) >= 11 is 11.3. The van der Waals surface area contributed by atoms with Gasteiger partial charge in [-0.15, -0.1) is 0 Å². The van der Waals surface area contributed by atoms with Crippen molar-refractivity contribution in [3.05, 3.63) is 29.8 Å². The van der Waals surface area contributed by atoms with Crippen molar-refractivity contribution >= 4 is 53.7 Å². The molecule has 3 nitrogen and oxygen atoms in total. The van der Waals surface area contributed by atoms with Gasteiger partial charge in [0.2, 0.25) is 5.91 Å². The summed E-state index contributed by atoms with van der Waals surface area (Å²) in [7, 11) is 1.65. The summed E-state index contributed by atoms with van der Waals surface area (Å²) in [6.07, 6.45) is 1.95. The lowest BCUT2D eigenvalue weighted by Gasteiger charge is -2.66. The van der Waals surface area contributed by atoms with Crippen LogP contribution in [0, 0.1) is 16.2 Å². The molecule has 4 rings (SSSR count). The molecule has 0 unspecified atom stereocenters. The first-order chi connectivity index (χ1) is 11.2. The molecule has 0 saturated heterocycles. The number of rotatable bonds is 5. The highest BCUT2D eigenvalue weighted by molar-refractivity contribution is 9.24. The third-order valence-electron chi connectivity index (χ3n) is 6.50. The third-order valence-corrected chi connectivity index (χ3v) is 9.74. The van der Waals surface area contributed by atoms with Crippen molar-refractivity contribution in [3.63, 3.8) is 0 Å². The Morgan fingerprint density at radius 2 is 1.92 bits per heavy atom. The lowest BCUT2D eigenvalue weighted by molar-refractivity contribution is -0.161. The van der Waals surface area contributed by atoms with Crippen molar-refractivity contribution in [1.29, 1.82) is 0 Å². The van der Waals surface area contributed by atoms with Gasteiger partial charge in [0.25, 0.3) is 0 Å². The first-order valence-corrected chi connectivity index (χ1v) is 10.8. The number of nitrogens with one attached hydrogen (secondary N) is 1. The van der Waals surface area contributed by atoms with Gasteiger partial charge in [-0.05, 0) is 36.0 Å². The molecule has 3 atom stereocenters. The van der Waals surface area contributed by atoms with Gasteiger partial charge in [-0.2, -0.15) is 0 Å². The highest BCUT2D eigenvalue weighted by Gasteiger charge is 2.83. The van der Waals surface area contributed by atoms with E-state index in [0.29, 0.717) is 6.54 Å². The molecule has 0 aliphatic heterocycles. The van der Waals surface area contributed by atoms with E-state index in [1.54, 1.807) is 7.11 Å². The van der Waals surface area contributed by atoms with Gasteiger partial charge in [0, 0.05) is 16.8 Å². The molecule has 2 bridgehead atoms. The van der Waals surface area contributed by atoms with Crippen LogP contribution in [0.3, 0.4) is 0 Å². The molecule has 3 fully saturated rings. The summed E-state index contributed by atoms with van der Waals surface area (Å²) in [5.74, 6) is 0.976. The molecule has 1 aromatic carbocycles. The van der Waals surface area contributed by atoms with E-state index < -0.39 is 0 Å². The van der Waals surface area contributed by atoms with Crippen LogP contribution in [-0.4, -0.2) is 21.6 Å². The number of halogens is 3. The number of hydrogen-bond acceptors (Lipinski definition) is 2. The Balaban J connectivity index is 1.74. The van der Waals surface area contributed by atoms with Crippen LogP contribution in [0.4, 0.5) is 0 Å². The fraction of sp³-hybridized carbons (Fsp3) is 0.611. The second-order valence-electron chi connectivity index (χ2n) is 7.33. The van der Waals surface area contributed by atoms with Crippen LogP contribution >= 0.6 is 47.8 Å². The molecule has 1 N–H and O–H groups in total. The van der Waals surface area contributed by atoms with Crippen molar-refractivity contribution in [2.75, 3.05) is 7.11 Å². The Morgan fingerprint density at radius 1 is 1.29 bits per heavy atom. The molecule has 3 saturated carbocycles. The smallest absolute Gasteiger partial charge is 0.228 e. The number of carbonyl (C=O) groups excluding carboxylic acids is 1. The van der Waals surface area contributed by atoms with E-state index in [0.717, 1.165) is 24.2 Å². The highest BCUT2D eigenvalue weighted by atomic mass is 79.9. The van der Waals surface area contributed by atoms with Gasteiger partial charge in [0.05, 0.1) is 16.3 Å². The van der Waals surface area contributed by atoms with Crippen molar-refractivity contribution in [2.45, 2.75) is 41.8 Å². The van der Waals surface area contributed by atoms with E-state index >= 15 is 0 Å². The molecule has 0 radical (unpaired) electrons. The molecule has 0 spiro atoms. The minimum atomic E-state index is -0.348. The summed E-state index contributed by atoms with van der Waals surface area (Å²) in [6.45, 7) is 4.99. The monoisotopic (exact) mass is 521 g/mol. The van der Waals surface area contributed by atoms with Crippen LogP contribution in [0.1, 0.15) is 32.3 Å². The predicted molar refractivity (Wildman–Crippen MR) is 107 cm³/mol. The summed E-state index contributed by atoms with van der Waals surface area (Å²) in [6, 6.07) is 7.81. The van der Waals surface area contributed by atoms with Gasteiger partial charge in [0.1, 0.15) is 5.75 Å². The Kier molecular flexibility index (Phi) is 4.89. The molecule has 0 aromatic heterocycles. The molecular formula is C18H22Br3NO2. The van der Waals surface area contributed by atoms with Crippen LogP contribution in [0.25, 0.3) is 0 Å². The first kappa shape index (κ1) is 18.7. The number of carbonyl (C=O) groups is 1. The summed E-state index contributed by atoms with van der Waals surface area (Å²) in [5, 5.41) is 3.16. The van der Waals surface area contributed by atoms with Crippen LogP contribution in [0.5, 0.6) is 5.75 Å². The van der Waals surface area contributed by atoms with E-state index in [1.807, 2.05) is 24.3 Å². The SMILES string of the molecule is COc1ccc(CNC(=O)[C@]23CC[C@](C(Br)Br)([C@H]2Br)C3(C)C)cc1. The first-order valence-electron chi connectivity index (χ1n) is 8.07. The van der Waals surface area contributed by atoms with E-state index in [4.69, 9.17) is 4.74 Å². The number of benzene rings is 1. The van der Waals surface area contributed by atoms with Gasteiger partial charge in [-0.3, -0.25) is 4.79 Å². The highest BCUT2D eigenvalue weighted by Crippen LogP contribution is 2.82. The lowest BCUT2D eigenvalue weighted by atomic mass is 9.43. The standard InChI is InChI=1S/C18H22Br3NO2/c1-16(2)17(14(20)21)8-9-18(16,13(17)19)15(23)22-10-11-4-6-12(24-3)7-5-11/h4-7,13-14H,8-10H2,1-3H3,(H,22,23)/t13-,17-,18+/m1/s1. The van der Waals surface area contributed by atoms with Gasteiger partial charge in [-0.25, -0.2) is 0 Å². The van der Waals surface area contributed by atoms with Crippen molar-refractivity contribution < 1.29 is 9.53 Å². The normalized spacial score (nSPS) is 33.2. The van der Waals surface area contributed by atoms with Crippen LogP contribution < -0.4 is 10.1 Å². The van der Waals surface area contributed by atoms with E-state index in [2.05, 4.69) is 67.0 Å². The Bertz CT molecular complexity index is 646. The minimum Gasteiger partial charge on any atom is -0.497 e. The Labute approximate surface area is 168 Å². The van der Waals surface area contributed by atoms with Gasteiger partial charge in [-0.1, -0.05) is 73.8 Å². The zero-order chi connectivity index (χ0) is 17.8. The van der Waals surface area contributed by atoms with Crippen LogP contribution in [0.15, 0.2) is 24.3 Å². The number of alkyl halides is 3. The van der Waals surface area contributed by atoms with Gasteiger partial charge in [0.15, 0.2) is 0 Å². The quantitative estimate of drug-likeness (QED) is 0.552. The largest absolute Gasteiger partial charge is 0.497 e. The molecule has 3 aliphatic carbocycles. The minimum absolute atomic E-state index is 0.0600. The summed E-state index contributed by atoms with van der Waals surface area (Å²) in [5.41, 5.74) is 0.714. The maximum atomic E-state index is 13.1. The zero-order valence-corrected chi connectivity index (χ0v) is 18.8. The number of ether oxygens (including phenoxy) is 1. The molecule has 6 heteroatoms. The zero-order valence-electron chi connectivity index (χ0n) is 14.0. The maximum absolute atomic E-state index is 13.1. The van der Waals surface area contributed by atoms with Crippen LogP contribution in [0.2, 0.25) is 0 Å². The second kappa shape index (κ2) is 6.27. The number of fused-ring (bicyclic) bond motifs is 1. The summed E-state index contributed by atoms with van der Waals surface area (Å²) in [4.78, 5) is 13.3. The number of hydrogen-bond donors (Lipinski definition) is 1. The maximum Gasteiger partial charge on any atom is 0.228 e. The van der Waals surface area contributed by atoms with E-state index in [1.165, 1.54) is 0 Å².